The molecule has 2 rings (SSSR count). The second-order valence-electron chi connectivity index (χ2n) is 4.89. The topological polar surface area (TPSA) is 62.5 Å². The Bertz CT molecular complexity index is 401. The fraction of sp³-hybridized carbons (Fsp3) is 0.692. The van der Waals surface area contributed by atoms with E-state index in [4.69, 9.17) is 4.52 Å². The van der Waals surface area contributed by atoms with Crippen LogP contribution in [0.2, 0.25) is 0 Å². The second-order valence-corrected chi connectivity index (χ2v) is 4.89. The summed E-state index contributed by atoms with van der Waals surface area (Å²) >= 11 is 0. The van der Waals surface area contributed by atoms with E-state index in [0.29, 0.717) is 6.54 Å². The second kappa shape index (κ2) is 5.89. The smallest absolute Gasteiger partial charge is 0.191 e. The largest absolute Gasteiger partial charge is 0.361 e. The highest BCUT2D eigenvalue weighted by Crippen LogP contribution is 2.31. The lowest BCUT2D eigenvalue weighted by Crippen LogP contribution is -2.37. The van der Waals surface area contributed by atoms with E-state index in [9.17, 15) is 0 Å². The van der Waals surface area contributed by atoms with Gasteiger partial charge < -0.3 is 15.2 Å². The lowest BCUT2D eigenvalue weighted by Gasteiger charge is -2.11. The highest BCUT2D eigenvalue weighted by molar-refractivity contribution is 5.79. The molecule has 5 heteroatoms. The van der Waals surface area contributed by atoms with Gasteiger partial charge in [0.25, 0.3) is 0 Å². The molecule has 1 fully saturated rings. The van der Waals surface area contributed by atoms with Gasteiger partial charge in [-0.3, -0.25) is 4.99 Å². The Hall–Kier alpha value is -1.52. The molecule has 1 aromatic rings. The van der Waals surface area contributed by atoms with Gasteiger partial charge in [0.15, 0.2) is 5.96 Å². The van der Waals surface area contributed by atoms with Crippen LogP contribution in [0.1, 0.15) is 36.3 Å². The maximum absolute atomic E-state index is 5.13. The summed E-state index contributed by atoms with van der Waals surface area (Å²) in [6.45, 7) is 5.58. The van der Waals surface area contributed by atoms with Crippen LogP contribution in [-0.4, -0.2) is 24.7 Å². The minimum atomic E-state index is 0.699. The van der Waals surface area contributed by atoms with E-state index in [2.05, 4.69) is 20.8 Å². The number of aliphatic imine (C=N–C) groups is 1. The van der Waals surface area contributed by atoms with E-state index >= 15 is 0 Å². The maximum atomic E-state index is 5.13. The van der Waals surface area contributed by atoms with Gasteiger partial charge >= 0.3 is 0 Å². The van der Waals surface area contributed by atoms with Crippen molar-refractivity contribution in [3.63, 3.8) is 0 Å². The Morgan fingerprint density at radius 2 is 2.17 bits per heavy atom. The van der Waals surface area contributed by atoms with Gasteiger partial charge in [-0.15, -0.1) is 0 Å². The van der Waals surface area contributed by atoms with Crippen LogP contribution in [0.25, 0.3) is 0 Å². The molecule has 0 atom stereocenters. The molecule has 0 saturated heterocycles. The maximum Gasteiger partial charge on any atom is 0.191 e. The molecule has 0 unspecified atom stereocenters. The van der Waals surface area contributed by atoms with Crippen molar-refractivity contribution in [3.05, 3.63) is 17.0 Å². The van der Waals surface area contributed by atoms with E-state index in [0.717, 1.165) is 35.4 Å². The molecule has 0 spiro atoms. The van der Waals surface area contributed by atoms with Crippen molar-refractivity contribution < 1.29 is 4.52 Å². The Labute approximate surface area is 108 Å². The number of hydrogen-bond acceptors (Lipinski definition) is 3. The first-order valence-electron chi connectivity index (χ1n) is 6.57. The number of guanidine groups is 1. The molecule has 18 heavy (non-hydrogen) atoms. The Kier molecular flexibility index (Phi) is 4.23. The summed E-state index contributed by atoms with van der Waals surface area (Å²) in [7, 11) is 1.79. The van der Waals surface area contributed by atoms with Crippen molar-refractivity contribution in [2.75, 3.05) is 13.6 Å². The van der Waals surface area contributed by atoms with Crippen LogP contribution in [0.4, 0.5) is 0 Å². The van der Waals surface area contributed by atoms with Gasteiger partial charge in [0.2, 0.25) is 0 Å². The normalized spacial score (nSPS) is 15.8. The fourth-order valence-electron chi connectivity index (χ4n) is 1.95. The Morgan fingerprint density at radius 1 is 1.39 bits per heavy atom. The van der Waals surface area contributed by atoms with Crippen molar-refractivity contribution in [2.45, 2.75) is 39.7 Å². The van der Waals surface area contributed by atoms with Crippen LogP contribution in [0.3, 0.4) is 0 Å². The van der Waals surface area contributed by atoms with E-state index in [1.165, 1.54) is 19.3 Å². The number of rotatable bonds is 5. The molecule has 100 valence electrons. The van der Waals surface area contributed by atoms with Crippen molar-refractivity contribution in [1.29, 1.82) is 0 Å². The molecule has 0 radical (unpaired) electrons. The number of nitrogens with one attached hydrogen (secondary N) is 2. The lowest BCUT2D eigenvalue weighted by atomic mass is 10.2. The van der Waals surface area contributed by atoms with Gasteiger partial charge in [0.1, 0.15) is 5.76 Å². The van der Waals surface area contributed by atoms with Crippen LogP contribution in [0.15, 0.2) is 9.52 Å². The summed E-state index contributed by atoms with van der Waals surface area (Å²) in [4.78, 5) is 4.21. The third-order valence-corrected chi connectivity index (χ3v) is 3.38. The lowest BCUT2D eigenvalue weighted by molar-refractivity contribution is 0.392. The Morgan fingerprint density at radius 3 is 2.72 bits per heavy atom. The first-order valence-corrected chi connectivity index (χ1v) is 6.57. The first kappa shape index (κ1) is 12.9. The predicted octanol–water partition coefficient (Wildman–Crippen LogP) is 1.76. The van der Waals surface area contributed by atoms with Crippen LogP contribution in [0.5, 0.6) is 0 Å². The third-order valence-electron chi connectivity index (χ3n) is 3.38. The minimum absolute atomic E-state index is 0.699. The van der Waals surface area contributed by atoms with Crippen LogP contribution >= 0.6 is 0 Å². The summed E-state index contributed by atoms with van der Waals surface area (Å²) in [6, 6.07) is 0. The molecule has 1 aromatic heterocycles. The number of aromatic nitrogens is 1. The van der Waals surface area contributed by atoms with E-state index in [1.54, 1.807) is 7.05 Å². The number of aryl methyl sites for hydroxylation is 2. The molecular formula is C13H22N4O. The molecule has 0 aliphatic heterocycles. The van der Waals surface area contributed by atoms with Crippen LogP contribution in [0, 0.1) is 19.8 Å². The standard InChI is InChI=1S/C13H22N4O/c1-9-12(10(2)18-17-9)8-16-13(14-3)15-7-6-11-4-5-11/h11H,4-8H2,1-3H3,(H2,14,15,16). The third kappa shape index (κ3) is 3.48. The van der Waals surface area contributed by atoms with Gasteiger partial charge in [-0.05, 0) is 26.2 Å². The van der Waals surface area contributed by atoms with Crippen molar-refractivity contribution in [1.82, 2.24) is 15.8 Å². The zero-order chi connectivity index (χ0) is 13.0. The quantitative estimate of drug-likeness (QED) is 0.617. The van der Waals surface area contributed by atoms with E-state index < -0.39 is 0 Å². The predicted molar refractivity (Wildman–Crippen MR) is 71.5 cm³/mol. The summed E-state index contributed by atoms with van der Waals surface area (Å²) < 4.78 is 5.13. The average Bonchev–Trinajstić information content (AvgIpc) is 3.13. The fourth-order valence-corrected chi connectivity index (χ4v) is 1.95. The van der Waals surface area contributed by atoms with Crippen molar-refractivity contribution in [3.8, 4) is 0 Å². The minimum Gasteiger partial charge on any atom is -0.361 e. The van der Waals surface area contributed by atoms with Crippen molar-refractivity contribution in [2.24, 2.45) is 10.9 Å². The van der Waals surface area contributed by atoms with Gasteiger partial charge in [-0.1, -0.05) is 18.0 Å². The SMILES string of the molecule is CN=C(NCCC1CC1)NCc1c(C)noc1C. The first-order chi connectivity index (χ1) is 8.70. The molecule has 1 heterocycles. The number of hydrogen-bond donors (Lipinski definition) is 2. The monoisotopic (exact) mass is 250 g/mol. The van der Waals surface area contributed by atoms with Gasteiger partial charge in [0, 0.05) is 25.7 Å². The number of nitrogens with zero attached hydrogens (tertiary/aromatic N) is 2. The Balaban J connectivity index is 1.76. The molecule has 1 aliphatic rings. The van der Waals surface area contributed by atoms with E-state index in [-0.39, 0.29) is 0 Å². The molecular weight excluding hydrogens is 228 g/mol. The zero-order valence-corrected chi connectivity index (χ0v) is 11.4. The van der Waals surface area contributed by atoms with Gasteiger partial charge in [-0.25, -0.2) is 0 Å². The van der Waals surface area contributed by atoms with Gasteiger partial charge in [-0.2, -0.15) is 0 Å². The molecule has 5 nitrogen and oxygen atoms in total. The average molecular weight is 250 g/mol. The zero-order valence-electron chi connectivity index (χ0n) is 11.4. The molecule has 1 saturated carbocycles. The molecule has 2 N–H and O–H groups in total. The highest BCUT2D eigenvalue weighted by atomic mass is 16.5. The summed E-state index contributed by atoms with van der Waals surface area (Å²) in [5.41, 5.74) is 2.05. The highest BCUT2D eigenvalue weighted by Gasteiger charge is 2.20. The van der Waals surface area contributed by atoms with Crippen molar-refractivity contribution >= 4 is 5.96 Å². The summed E-state index contributed by atoms with van der Waals surface area (Å²) in [6.07, 6.45) is 4.03. The molecule has 0 bridgehead atoms. The van der Waals surface area contributed by atoms with E-state index in [1.807, 2.05) is 13.8 Å². The summed E-state index contributed by atoms with van der Waals surface area (Å²) in [5, 5.41) is 10.6. The molecule has 1 aliphatic carbocycles. The summed E-state index contributed by atoms with van der Waals surface area (Å²) in [5.74, 6) is 2.65. The molecule has 0 amide bonds. The molecule has 0 aromatic carbocycles. The van der Waals surface area contributed by atoms with Gasteiger partial charge in [0.05, 0.1) is 5.69 Å². The van der Waals surface area contributed by atoms with Crippen LogP contribution in [-0.2, 0) is 6.54 Å². The van der Waals surface area contributed by atoms with Crippen LogP contribution < -0.4 is 10.6 Å².